The summed E-state index contributed by atoms with van der Waals surface area (Å²) < 4.78 is 5.78. The Balaban J connectivity index is 3.94. The van der Waals surface area contributed by atoms with E-state index < -0.39 is 6.10 Å². The Labute approximate surface area is 168 Å². The van der Waals surface area contributed by atoms with Gasteiger partial charge in [0, 0.05) is 12.8 Å². The van der Waals surface area contributed by atoms with E-state index in [4.69, 9.17) is 11.2 Å². The first-order chi connectivity index (χ1) is 13.1. The smallest absolute Gasteiger partial charge is 0.306 e. The molecular weight excluding hydrogens is 336 g/mol. The topological polar surface area (TPSA) is 46.5 Å². The molecule has 1 N–H and O–H groups in total. The third kappa shape index (κ3) is 18.1. The number of ether oxygens (including phenoxy) is 1. The van der Waals surface area contributed by atoms with Crippen LogP contribution in [0, 0.1) is 12.3 Å². The molecule has 2 unspecified atom stereocenters. The highest BCUT2D eigenvalue weighted by atomic mass is 16.5. The molecule has 0 saturated heterocycles. The van der Waals surface area contributed by atoms with Crippen LogP contribution in [0.1, 0.15) is 123 Å². The van der Waals surface area contributed by atoms with Gasteiger partial charge in [0.25, 0.3) is 0 Å². The van der Waals surface area contributed by atoms with Gasteiger partial charge in [-0.05, 0) is 38.5 Å². The molecule has 3 heteroatoms. The van der Waals surface area contributed by atoms with E-state index in [2.05, 4.69) is 19.8 Å². The van der Waals surface area contributed by atoms with Crippen molar-refractivity contribution in [2.75, 3.05) is 0 Å². The molecule has 0 rings (SSSR count). The number of hydrogen-bond acceptors (Lipinski definition) is 3. The Morgan fingerprint density at radius 1 is 0.852 bits per heavy atom. The van der Waals surface area contributed by atoms with Gasteiger partial charge in [0.1, 0.15) is 6.10 Å². The Hall–Kier alpha value is -1.01. The second-order valence-electron chi connectivity index (χ2n) is 7.83. The van der Waals surface area contributed by atoms with Crippen molar-refractivity contribution in [2.24, 2.45) is 0 Å². The summed E-state index contributed by atoms with van der Waals surface area (Å²) in [5.41, 5.74) is 0. The summed E-state index contributed by atoms with van der Waals surface area (Å²) in [5.74, 6) is 2.43. The molecule has 0 amide bonds. The number of unbranched alkanes of at least 4 members (excludes halogenated alkanes) is 9. The average molecular weight is 381 g/mol. The van der Waals surface area contributed by atoms with Crippen LogP contribution < -0.4 is 0 Å². The number of rotatable bonds is 19. The van der Waals surface area contributed by atoms with E-state index in [0.29, 0.717) is 12.8 Å². The average Bonchev–Trinajstić information content (AvgIpc) is 2.64. The van der Waals surface area contributed by atoms with E-state index in [-0.39, 0.29) is 12.1 Å². The molecule has 0 aromatic heterocycles. The van der Waals surface area contributed by atoms with Gasteiger partial charge in [0.15, 0.2) is 0 Å². The molecule has 2 atom stereocenters. The van der Waals surface area contributed by atoms with Crippen molar-refractivity contribution in [3.8, 4) is 12.3 Å². The molecule has 3 nitrogen and oxygen atoms in total. The minimum absolute atomic E-state index is 0.0494. The maximum absolute atomic E-state index is 12.2. The van der Waals surface area contributed by atoms with Crippen molar-refractivity contribution >= 4 is 5.97 Å². The van der Waals surface area contributed by atoms with Crippen LogP contribution >= 0.6 is 0 Å². The van der Waals surface area contributed by atoms with E-state index in [0.717, 1.165) is 44.9 Å². The number of esters is 1. The minimum atomic E-state index is -0.401. The van der Waals surface area contributed by atoms with Crippen LogP contribution in [0.4, 0.5) is 0 Å². The van der Waals surface area contributed by atoms with Crippen molar-refractivity contribution in [1.82, 2.24) is 0 Å². The molecule has 0 fully saturated rings. The zero-order chi connectivity index (χ0) is 20.2. The lowest BCUT2D eigenvalue weighted by molar-refractivity contribution is -0.150. The zero-order valence-corrected chi connectivity index (χ0v) is 18.0. The van der Waals surface area contributed by atoms with E-state index in [1.165, 1.54) is 51.4 Å². The number of hydrogen-bond donors (Lipinski definition) is 1. The predicted molar refractivity (Wildman–Crippen MR) is 115 cm³/mol. The number of aliphatic hydroxyl groups is 1. The lowest BCUT2D eigenvalue weighted by Gasteiger charge is -2.18. The van der Waals surface area contributed by atoms with Gasteiger partial charge < -0.3 is 9.84 Å². The molecular formula is C24H44O3. The van der Waals surface area contributed by atoms with Gasteiger partial charge in [-0.25, -0.2) is 0 Å². The molecule has 0 aliphatic heterocycles. The summed E-state index contributed by atoms with van der Waals surface area (Å²) in [4.78, 5) is 12.2. The number of aliphatic hydroxyl groups excluding tert-OH is 1. The lowest BCUT2D eigenvalue weighted by Crippen LogP contribution is -2.18. The predicted octanol–water partition coefficient (Wildman–Crippen LogP) is 6.56. The highest BCUT2D eigenvalue weighted by Gasteiger charge is 2.14. The molecule has 27 heavy (non-hydrogen) atoms. The summed E-state index contributed by atoms with van der Waals surface area (Å²) in [6.45, 7) is 4.44. The Bertz CT molecular complexity index is 372. The van der Waals surface area contributed by atoms with Gasteiger partial charge >= 0.3 is 5.97 Å². The first-order valence-electron chi connectivity index (χ1n) is 11.4. The molecule has 0 spiro atoms. The van der Waals surface area contributed by atoms with Crippen LogP contribution in [-0.4, -0.2) is 23.3 Å². The van der Waals surface area contributed by atoms with E-state index in [1.807, 2.05) is 0 Å². The first-order valence-corrected chi connectivity index (χ1v) is 11.4. The van der Waals surface area contributed by atoms with Crippen LogP contribution in [0.15, 0.2) is 0 Å². The SMILES string of the molecule is C#CCC(O)CCCCCC(=O)OC(CCCCC)CCCCCCCC. The molecule has 0 aliphatic carbocycles. The van der Waals surface area contributed by atoms with Crippen molar-refractivity contribution in [3.63, 3.8) is 0 Å². The maximum Gasteiger partial charge on any atom is 0.306 e. The second kappa shape index (κ2) is 19.7. The second-order valence-corrected chi connectivity index (χ2v) is 7.83. The quantitative estimate of drug-likeness (QED) is 0.157. The summed E-state index contributed by atoms with van der Waals surface area (Å²) in [5, 5.41) is 9.60. The van der Waals surface area contributed by atoms with Gasteiger partial charge in [0.2, 0.25) is 0 Å². The summed E-state index contributed by atoms with van der Waals surface area (Å²) >= 11 is 0. The van der Waals surface area contributed by atoms with E-state index in [9.17, 15) is 9.90 Å². The highest BCUT2D eigenvalue weighted by Crippen LogP contribution is 2.17. The Morgan fingerprint density at radius 2 is 1.37 bits per heavy atom. The molecule has 0 heterocycles. The number of terminal acetylenes is 1. The maximum atomic E-state index is 12.2. The fraction of sp³-hybridized carbons (Fsp3) is 0.875. The lowest BCUT2D eigenvalue weighted by atomic mass is 10.0. The molecule has 0 radical (unpaired) electrons. The number of carbonyl (C=O) groups is 1. The molecule has 0 aromatic rings. The minimum Gasteiger partial charge on any atom is -0.462 e. The normalized spacial score (nSPS) is 13.1. The van der Waals surface area contributed by atoms with Crippen LogP contribution in [-0.2, 0) is 9.53 Å². The van der Waals surface area contributed by atoms with E-state index >= 15 is 0 Å². The summed E-state index contributed by atoms with van der Waals surface area (Å²) in [7, 11) is 0. The van der Waals surface area contributed by atoms with Crippen molar-refractivity contribution in [2.45, 2.75) is 135 Å². The van der Waals surface area contributed by atoms with Gasteiger partial charge in [-0.2, -0.15) is 0 Å². The highest BCUT2D eigenvalue weighted by molar-refractivity contribution is 5.69. The zero-order valence-electron chi connectivity index (χ0n) is 18.0. The third-order valence-corrected chi connectivity index (χ3v) is 5.08. The molecule has 0 bridgehead atoms. The fourth-order valence-electron chi connectivity index (χ4n) is 3.35. The van der Waals surface area contributed by atoms with Crippen LogP contribution in [0.5, 0.6) is 0 Å². The van der Waals surface area contributed by atoms with Gasteiger partial charge in [-0.3, -0.25) is 4.79 Å². The standard InChI is InChI=1S/C24H44O3/c1-4-7-9-10-11-15-20-23(19-13-8-5-2)27-24(26)21-16-12-14-18-22(25)17-6-3/h3,22-23,25H,4-5,7-21H2,1-2H3. The van der Waals surface area contributed by atoms with Crippen LogP contribution in [0.3, 0.4) is 0 Å². The Kier molecular flexibility index (Phi) is 19.0. The molecule has 0 aliphatic rings. The molecule has 0 aromatic carbocycles. The van der Waals surface area contributed by atoms with Gasteiger partial charge in [-0.15, -0.1) is 12.3 Å². The molecule has 158 valence electrons. The third-order valence-electron chi connectivity index (χ3n) is 5.08. The van der Waals surface area contributed by atoms with Crippen LogP contribution in [0.25, 0.3) is 0 Å². The monoisotopic (exact) mass is 380 g/mol. The summed E-state index contributed by atoms with van der Waals surface area (Å²) in [6.07, 6.45) is 22.4. The van der Waals surface area contributed by atoms with E-state index in [1.54, 1.807) is 0 Å². The molecule has 0 saturated carbocycles. The van der Waals surface area contributed by atoms with Crippen LogP contribution in [0.2, 0.25) is 0 Å². The van der Waals surface area contributed by atoms with Crippen molar-refractivity contribution in [1.29, 1.82) is 0 Å². The largest absolute Gasteiger partial charge is 0.462 e. The fourth-order valence-corrected chi connectivity index (χ4v) is 3.35. The Morgan fingerprint density at radius 3 is 2.04 bits per heavy atom. The number of carbonyl (C=O) groups excluding carboxylic acids is 1. The van der Waals surface area contributed by atoms with Gasteiger partial charge in [-0.1, -0.05) is 71.6 Å². The van der Waals surface area contributed by atoms with Gasteiger partial charge in [0.05, 0.1) is 6.10 Å². The van der Waals surface area contributed by atoms with Crippen molar-refractivity contribution in [3.05, 3.63) is 0 Å². The van der Waals surface area contributed by atoms with Crippen molar-refractivity contribution < 1.29 is 14.6 Å². The summed E-state index contributed by atoms with van der Waals surface area (Å²) in [6, 6.07) is 0. The first kappa shape index (κ1) is 26.0.